The summed E-state index contributed by atoms with van der Waals surface area (Å²) in [7, 11) is -1.66. The van der Waals surface area contributed by atoms with Crippen LogP contribution >= 0.6 is 7.26 Å². The quantitative estimate of drug-likeness (QED) is 0.173. The number of rotatable bonds is 14. The van der Waals surface area contributed by atoms with E-state index in [2.05, 4.69) is 98.8 Å². The average Bonchev–Trinajstić information content (AvgIpc) is 2.85. The Bertz CT molecular complexity index is 845. The van der Waals surface area contributed by atoms with Gasteiger partial charge in [-0.1, -0.05) is 113 Å². The Hall–Kier alpha value is -1.91. The maximum Gasteiger partial charge on any atom is 0.112 e. The van der Waals surface area contributed by atoms with Gasteiger partial charge in [0.15, 0.2) is 0 Å². The minimum absolute atomic E-state index is 1.27. The molecule has 0 heterocycles. The number of aryl methyl sites for hydroxylation is 1. The number of unbranched alkanes of at least 4 members (excludes halogenated alkanes) is 9. The van der Waals surface area contributed by atoms with Crippen LogP contribution in [0.2, 0.25) is 0 Å². The molecule has 3 aromatic carbocycles. The first-order valence-electron chi connectivity index (χ1n) is 12.8. The van der Waals surface area contributed by atoms with Crippen molar-refractivity contribution >= 4 is 23.2 Å². The van der Waals surface area contributed by atoms with E-state index in [1.807, 2.05) is 0 Å². The molecule has 0 radical (unpaired) electrons. The summed E-state index contributed by atoms with van der Waals surface area (Å²) < 4.78 is 0. The third-order valence-electron chi connectivity index (χ3n) is 6.77. The summed E-state index contributed by atoms with van der Waals surface area (Å²) in [5, 5.41) is 4.61. The molecule has 0 amide bonds. The van der Waals surface area contributed by atoms with Crippen molar-refractivity contribution in [2.24, 2.45) is 0 Å². The van der Waals surface area contributed by atoms with Crippen molar-refractivity contribution in [2.45, 2.75) is 78.1 Å². The highest BCUT2D eigenvalue weighted by molar-refractivity contribution is 7.95. The zero-order valence-electron chi connectivity index (χ0n) is 20.3. The van der Waals surface area contributed by atoms with Crippen molar-refractivity contribution in [2.75, 3.05) is 6.16 Å². The summed E-state index contributed by atoms with van der Waals surface area (Å²) in [6.07, 6.45) is 15.1. The van der Waals surface area contributed by atoms with Gasteiger partial charge in [-0.05, 0) is 55.7 Å². The van der Waals surface area contributed by atoms with Gasteiger partial charge in [0.2, 0.25) is 0 Å². The number of benzene rings is 3. The van der Waals surface area contributed by atoms with Gasteiger partial charge in [-0.2, -0.15) is 0 Å². The molecular weight excluding hydrogens is 403 g/mol. The largest absolute Gasteiger partial charge is 0.112 e. The highest BCUT2D eigenvalue weighted by Crippen LogP contribution is 2.56. The zero-order chi connectivity index (χ0) is 22.5. The van der Waals surface area contributed by atoms with Crippen LogP contribution < -0.4 is 15.9 Å². The van der Waals surface area contributed by atoms with E-state index in [4.69, 9.17) is 0 Å². The van der Waals surface area contributed by atoms with Crippen molar-refractivity contribution in [1.82, 2.24) is 0 Å². The average molecular weight is 446 g/mol. The van der Waals surface area contributed by atoms with E-state index in [1.165, 1.54) is 86.5 Å². The predicted octanol–water partition coefficient (Wildman–Crippen LogP) is 8.21. The molecular formula is C31H42P+. The second-order valence-electron chi connectivity index (χ2n) is 9.17. The second-order valence-corrected chi connectivity index (χ2v) is 12.8. The van der Waals surface area contributed by atoms with E-state index in [0.717, 1.165) is 0 Å². The molecule has 0 bridgehead atoms. The first-order valence-corrected chi connectivity index (χ1v) is 14.8. The normalized spacial score (nSPS) is 11.6. The molecule has 170 valence electrons. The lowest BCUT2D eigenvalue weighted by atomic mass is 10.1. The van der Waals surface area contributed by atoms with Gasteiger partial charge in [-0.25, -0.2) is 0 Å². The fourth-order valence-corrected chi connectivity index (χ4v) is 9.69. The standard InChI is InChI=1S/C31H42P/c1-3-4-5-6-7-8-9-10-11-20-27-32(29-22-14-12-15-23-29,30-24-16-13-17-25-30)31-26-19-18-21-28(31)2/h12-19,21-26H,3-11,20,27H2,1-2H3/q+1. The molecule has 0 atom stereocenters. The van der Waals surface area contributed by atoms with E-state index in [-0.39, 0.29) is 0 Å². The van der Waals surface area contributed by atoms with Crippen molar-refractivity contribution in [3.05, 3.63) is 90.5 Å². The van der Waals surface area contributed by atoms with Crippen LogP contribution in [0.1, 0.15) is 76.7 Å². The van der Waals surface area contributed by atoms with Gasteiger partial charge in [0, 0.05) is 0 Å². The molecule has 0 aliphatic carbocycles. The third-order valence-corrected chi connectivity index (χ3v) is 11.4. The summed E-state index contributed by atoms with van der Waals surface area (Å²) in [5.41, 5.74) is 1.43. The van der Waals surface area contributed by atoms with Crippen LogP contribution in [0.25, 0.3) is 0 Å². The molecule has 0 N–H and O–H groups in total. The number of hydrogen-bond donors (Lipinski definition) is 0. The minimum Gasteiger partial charge on any atom is -0.0654 e. The van der Waals surface area contributed by atoms with Crippen molar-refractivity contribution in [3.63, 3.8) is 0 Å². The van der Waals surface area contributed by atoms with E-state index < -0.39 is 7.26 Å². The lowest BCUT2D eigenvalue weighted by molar-refractivity contribution is 0.563. The fourth-order valence-electron chi connectivity index (χ4n) is 5.00. The first-order chi connectivity index (χ1) is 15.8. The van der Waals surface area contributed by atoms with E-state index in [0.29, 0.717) is 0 Å². The molecule has 0 nitrogen and oxygen atoms in total. The van der Waals surface area contributed by atoms with Gasteiger partial charge in [0.05, 0.1) is 6.16 Å². The van der Waals surface area contributed by atoms with Gasteiger partial charge in [-0.3, -0.25) is 0 Å². The second kappa shape index (κ2) is 13.6. The van der Waals surface area contributed by atoms with Crippen LogP contribution in [0.3, 0.4) is 0 Å². The Morgan fingerprint density at radius 3 is 1.44 bits per heavy atom. The molecule has 0 aromatic heterocycles. The van der Waals surface area contributed by atoms with Gasteiger partial charge in [0.25, 0.3) is 0 Å². The van der Waals surface area contributed by atoms with Crippen LogP contribution in [-0.2, 0) is 0 Å². The lowest BCUT2D eigenvalue weighted by Crippen LogP contribution is -2.34. The predicted molar refractivity (Wildman–Crippen MR) is 147 cm³/mol. The Morgan fingerprint density at radius 2 is 0.938 bits per heavy atom. The first kappa shape index (κ1) is 24.7. The van der Waals surface area contributed by atoms with Crippen LogP contribution in [0.5, 0.6) is 0 Å². The summed E-state index contributed by atoms with van der Waals surface area (Å²) in [6, 6.07) is 31.9. The van der Waals surface area contributed by atoms with E-state index in [1.54, 1.807) is 5.30 Å². The van der Waals surface area contributed by atoms with Gasteiger partial charge in [-0.15, -0.1) is 0 Å². The van der Waals surface area contributed by atoms with E-state index in [9.17, 15) is 0 Å². The van der Waals surface area contributed by atoms with Crippen LogP contribution in [0.4, 0.5) is 0 Å². The molecule has 3 rings (SSSR count). The molecule has 0 saturated heterocycles. The van der Waals surface area contributed by atoms with Gasteiger partial charge in [0.1, 0.15) is 23.2 Å². The fraction of sp³-hybridized carbons (Fsp3) is 0.419. The van der Waals surface area contributed by atoms with Crippen LogP contribution in [-0.4, -0.2) is 6.16 Å². The molecule has 0 fully saturated rings. The zero-order valence-corrected chi connectivity index (χ0v) is 21.2. The molecule has 0 aliphatic rings. The van der Waals surface area contributed by atoms with Gasteiger partial charge >= 0.3 is 0 Å². The van der Waals surface area contributed by atoms with Gasteiger partial charge < -0.3 is 0 Å². The molecule has 32 heavy (non-hydrogen) atoms. The Labute approximate surface area is 197 Å². The topological polar surface area (TPSA) is 0 Å². The lowest BCUT2D eigenvalue weighted by Gasteiger charge is -2.29. The monoisotopic (exact) mass is 445 g/mol. The Balaban J connectivity index is 1.76. The van der Waals surface area contributed by atoms with Crippen molar-refractivity contribution < 1.29 is 0 Å². The van der Waals surface area contributed by atoms with Crippen LogP contribution in [0, 0.1) is 6.92 Å². The molecule has 0 aliphatic heterocycles. The molecule has 3 aromatic rings. The summed E-state index contributed by atoms with van der Waals surface area (Å²) >= 11 is 0. The Morgan fingerprint density at radius 1 is 0.500 bits per heavy atom. The SMILES string of the molecule is CCCCCCCCCCCC[P+](c1ccccc1)(c1ccccc1)c1ccccc1C. The van der Waals surface area contributed by atoms with E-state index >= 15 is 0 Å². The maximum absolute atomic E-state index is 2.40. The maximum atomic E-state index is 2.40. The van der Waals surface area contributed by atoms with Crippen LogP contribution in [0.15, 0.2) is 84.9 Å². The smallest absolute Gasteiger partial charge is 0.0654 e. The summed E-state index contributed by atoms with van der Waals surface area (Å²) in [4.78, 5) is 0. The summed E-state index contributed by atoms with van der Waals surface area (Å²) in [5.74, 6) is 0. The highest BCUT2D eigenvalue weighted by Gasteiger charge is 2.45. The highest BCUT2D eigenvalue weighted by atomic mass is 31.2. The Kier molecular flexibility index (Phi) is 10.5. The van der Waals surface area contributed by atoms with Crippen molar-refractivity contribution in [1.29, 1.82) is 0 Å². The molecule has 1 heteroatoms. The molecule has 0 unspecified atom stereocenters. The minimum atomic E-state index is -1.66. The number of hydrogen-bond acceptors (Lipinski definition) is 0. The third kappa shape index (κ3) is 6.55. The molecule has 0 saturated carbocycles. The van der Waals surface area contributed by atoms with Crippen molar-refractivity contribution in [3.8, 4) is 0 Å². The molecule has 0 spiro atoms. The summed E-state index contributed by atoms with van der Waals surface area (Å²) in [6.45, 7) is 4.60.